The summed E-state index contributed by atoms with van der Waals surface area (Å²) in [4.78, 5) is 17.5. The van der Waals surface area contributed by atoms with Crippen molar-refractivity contribution in [1.82, 2.24) is 10.2 Å². The van der Waals surface area contributed by atoms with Gasteiger partial charge >= 0.3 is 0 Å². The van der Waals surface area contributed by atoms with Crippen LogP contribution in [0, 0.1) is 12.8 Å². The predicted molar refractivity (Wildman–Crippen MR) is 92.0 cm³/mol. The quantitative estimate of drug-likeness (QED) is 0.897. The number of nitrogens with zero attached hydrogens (tertiary/aromatic N) is 1. The van der Waals surface area contributed by atoms with Crippen LogP contribution in [0.1, 0.15) is 55.7 Å². The molecule has 0 spiro atoms. The fourth-order valence-corrected chi connectivity index (χ4v) is 4.89. The van der Waals surface area contributed by atoms with Gasteiger partial charge in [-0.05, 0) is 64.5 Å². The number of hydrogen-bond acceptors (Lipinski definition) is 3. The summed E-state index contributed by atoms with van der Waals surface area (Å²) in [5.41, 5.74) is 0. The van der Waals surface area contributed by atoms with Crippen LogP contribution in [0.15, 0.2) is 12.1 Å². The lowest BCUT2D eigenvalue weighted by Gasteiger charge is -2.32. The zero-order valence-electron chi connectivity index (χ0n) is 14.0. The lowest BCUT2D eigenvalue weighted by molar-refractivity contribution is -0.134. The Bertz CT molecular complexity index is 513. The van der Waals surface area contributed by atoms with Crippen LogP contribution in [0.3, 0.4) is 0 Å². The highest BCUT2D eigenvalue weighted by Crippen LogP contribution is 2.33. The summed E-state index contributed by atoms with van der Waals surface area (Å²) in [6, 6.07) is 5.92. The number of amides is 1. The van der Waals surface area contributed by atoms with Crippen molar-refractivity contribution in [1.29, 1.82) is 0 Å². The maximum absolute atomic E-state index is 12.8. The summed E-state index contributed by atoms with van der Waals surface area (Å²) in [5.74, 6) is 0.921. The Balaban J connectivity index is 1.60. The molecule has 2 atom stereocenters. The Labute approximate surface area is 138 Å². The lowest BCUT2D eigenvalue weighted by atomic mass is 9.89. The van der Waals surface area contributed by atoms with Crippen molar-refractivity contribution < 1.29 is 4.79 Å². The molecule has 2 saturated heterocycles. The summed E-state index contributed by atoms with van der Waals surface area (Å²) in [5, 5.41) is 3.66. The normalized spacial score (nSPS) is 27.4. The van der Waals surface area contributed by atoms with E-state index < -0.39 is 0 Å². The van der Waals surface area contributed by atoms with E-state index in [0.29, 0.717) is 23.9 Å². The molecule has 3 nitrogen and oxygen atoms in total. The molecular formula is C18H28N2OS. The standard InChI is InChI=1S/C18H28N2OS/c1-12(2)20(11-17-7-4-13(3)22-17)18(21)10-14-8-15-5-6-16(9-14)19-15/h4,7,12,14-16,19H,5-6,8-11H2,1-3H3. The van der Waals surface area contributed by atoms with Gasteiger partial charge in [0.2, 0.25) is 5.91 Å². The number of rotatable bonds is 5. The fourth-order valence-electron chi connectivity index (χ4n) is 4.00. The van der Waals surface area contributed by atoms with E-state index in [0.717, 1.165) is 13.0 Å². The van der Waals surface area contributed by atoms with Crippen molar-refractivity contribution in [3.8, 4) is 0 Å². The van der Waals surface area contributed by atoms with Gasteiger partial charge in [0.15, 0.2) is 0 Å². The van der Waals surface area contributed by atoms with Crippen molar-refractivity contribution in [3.63, 3.8) is 0 Å². The molecule has 3 rings (SSSR count). The highest BCUT2D eigenvalue weighted by molar-refractivity contribution is 7.11. The highest BCUT2D eigenvalue weighted by Gasteiger charge is 2.35. The van der Waals surface area contributed by atoms with Gasteiger partial charge in [0, 0.05) is 34.3 Å². The first-order valence-corrected chi connectivity index (χ1v) is 9.43. The second-order valence-electron chi connectivity index (χ2n) is 7.31. The van der Waals surface area contributed by atoms with Gasteiger partial charge in [-0.25, -0.2) is 0 Å². The topological polar surface area (TPSA) is 32.3 Å². The van der Waals surface area contributed by atoms with E-state index in [1.165, 1.54) is 35.4 Å². The molecule has 2 unspecified atom stereocenters. The van der Waals surface area contributed by atoms with Gasteiger partial charge in [0.25, 0.3) is 0 Å². The average Bonchev–Trinajstić information content (AvgIpc) is 3.01. The largest absolute Gasteiger partial charge is 0.335 e. The van der Waals surface area contributed by atoms with Gasteiger partial charge < -0.3 is 10.2 Å². The number of carbonyl (C=O) groups is 1. The average molecular weight is 321 g/mol. The first-order valence-electron chi connectivity index (χ1n) is 8.62. The number of hydrogen-bond donors (Lipinski definition) is 1. The Morgan fingerprint density at radius 2 is 2.00 bits per heavy atom. The number of fused-ring (bicyclic) bond motifs is 2. The Morgan fingerprint density at radius 1 is 1.32 bits per heavy atom. The van der Waals surface area contributed by atoms with E-state index in [9.17, 15) is 4.79 Å². The van der Waals surface area contributed by atoms with E-state index >= 15 is 0 Å². The van der Waals surface area contributed by atoms with Crippen molar-refractivity contribution in [2.75, 3.05) is 0 Å². The molecule has 2 fully saturated rings. The smallest absolute Gasteiger partial charge is 0.223 e. The first-order chi connectivity index (χ1) is 10.5. The van der Waals surface area contributed by atoms with Crippen molar-refractivity contribution in [2.24, 2.45) is 5.92 Å². The summed E-state index contributed by atoms with van der Waals surface area (Å²) >= 11 is 1.80. The molecule has 1 aromatic heterocycles. The number of piperidine rings is 1. The van der Waals surface area contributed by atoms with Gasteiger partial charge in [-0.1, -0.05) is 0 Å². The first kappa shape index (κ1) is 16.0. The zero-order chi connectivity index (χ0) is 15.7. The van der Waals surface area contributed by atoms with Crippen molar-refractivity contribution in [2.45, 2.75) is 77.5 Å². The van der Waals surface area contributed by atoms with Crippen LogP contribution in [-0.2, 0) is 11.3 Å². The minimum absolute atomic E-state index is 0.272. The van der Waals surface area contributed by atoms with Crippen LogP contribution in [0.2, 0.25) is 0 Å². The molecule has 0 radical (unpaired) electrons. The second-order valence-corrected chi connectivity index (χ2v) is 8.68. The van der Waals surface area contributed by atoms with Crippen molar-refractivity contribution in [3.05, 3.63) is 21.9 Å². The lowest BCUT2D eigenvalue weighted by Crippen LogP contribution is -2.41. The van der Waals surface area contributed by atoms with Crippen LogP contribution in [0.4, 0.5) is 0 Å². The minimum Gasteiger partial charge on any atom is -0.335 e. The van der Waals surface area contributed by atoms with E-state index in [-0.39, 0.29) is 6.04 Å². The van der Waals surface area contributed by atoms with Gasteiger partial charge in [0.1, 0.15) is 0 Å². The molecule has 1 N–H and O–H groups in total. The van der Waals surface area contributed by atoms with Crippen LogP contribution in [-0.4, -0.2) is 28.9 Å². The van der Waals surface area contributed by atoms with Crippen LogP contribution < -0.4 is 5.32 Å². The molecule has 0 aromatic carbocycles. The third-order valence-electron chi connectivity index (χ3n) is 5.10. The van der Waals surface area contributed by atoms with E-state index in [2.05, 4.69) is 43.1 Å². The monoisotopic (exact) mass is 320 g/mol. The zero-order valence-corrected chi connectivity index (χ0v) is 14.8. The van der Waals surface area contributed by atoms with Crippen LogP contribution in [0.25, 0.3) is 0 Å². The SMILES string of the molecule is Cc1ccc(CN(C(=O)CC2CC3CCC(C2)N3)C(C)C)s1. The summed E-state index contributed by atoms with van der Waals surface area (Å²) < 4.78 is 0. The molecule has 2 aliphatic rings. The van der Waals surface area contributed by atoms with Crippen molar-refractivity contribution >= 4 is 17.2 Å². The summed E-state index contributed by atoms with van der Waals surface area (Å²) in [6.07, 6.45) is 5.71. The third kappa shape index (κ3) is 3.72. The molecule has 0 saturated carbocycles. The van der Waals surface area contributed by atoms with E-state index in [4.69, 9.17) is 0 Å². The molecule has 2 aliphatic heterocycles. The molecule has 4 heteroatoms. The summed E-state index contributed by atoms with van der Waals surface area (Å²) in [7, 11) is 0. The second kappa shape index (κ2) is 6.71. The summed E-state index contributed by atoms with van der Waals surface area (Å²) in [6.45, 7) is 7.16. The van der Waals surface area contributed by atoms with E-state index in [1.807, 2.05) is 0 Å². The molecule has 3 heterocycles. The molecule has 2 bridgehead atoms. The maximum atomic E-state index is 12.8. The Morgan fingerprint density at radius 3 is 2.55 bits per heavy atom. The molecule has 1 aromatic rings. The fraction of sp³-hybridized carbons (Fsp3) is 0.722. The van der Waals surface area contributed by atoms with Crippen LogP contribution in [0.5, 0.6) is 0 Å². The van der Waals surface area contributed by atoms with Crippen LogP contribution >= 0.6 is 11.3 Å². The molecule has 1 amide bonds. The molecule has 0 aliphatic carbocycles. The van der Waals surface area contributed by atoms with Gasteiger partial charge in [-0.2, -0.15) is 0 Å². The van der Waals surface area contributed by atoms with Gasteiger partial charge in [-0.15, -0.1) is 11.3 Å². The highest BCUT2D eigenvalue weighted by atomic mass is 32.1. The molecular weight excluding hydrogens is 292 g/mol. The number of carbonyl (C=O) groups excluding carboxylic acids is 1. The van der Waals surface area contributed by atoms with Gasteiger partial charge in [0.05, 0.1) is 6.54 Å². The number of thiophene rings is 1. The third-order valence-corrected chi connectivity index (χ3v) is 6.09. The van der Waals surface area contributed by atoms with Gasteiger partial charge in [-0.3, -0.25) is 4.79 Å². The Kier molecular flexibility index (Phi) is 4.88. The predicted octanol–water partition coefficient (Wildman–Crippen LogP) is 3.71. The maximum Gasteiger partial charge on any atom is 0.223 e. The number of nitrogens with one attached hydrogen (secondary N) is 1. The minimum atomic E-state index is 0.272. The van der Waals surface area contributed by atoms with E-state index in [1.54, 1.807) is 11.3 Å². The molecule has 22 heavy (non-hydrogen) atoms. The Hall–Kier alpha value is -0.870. The number of aryl methyl sites for hydroxylation is 1. The molecule has 122 valence electrons.